The molecule has 2 aromatic rings. The van der Waals surface area contributed by atoms with Gasteiger partial charge in [-0.25, -0.2) is 4.79 Å². The molecule has 1 atom stereocenters. The summed E-state index contributed by atoms with van der Waals surface area (Å²) in [6, 6.07) is 7.13. The molecular formula is C22H27F3N4O4. The Bertz CT molecular complexity index is 1010. The van der Waals surface area contributed by atoms with Gasteiger partial charge in [0.2, 0.25) is 0 Å². The number of alkyl halides is 3. The van der Waals surface area contributed by atoms with Crippen LogP contribution in [-0.2, 0) is 17.5 Å². The van der Waals surface area contributed by atoms with Gasteiger partial charge in [-0.1, -0.05) is 18.2 Å². The fourth-order valence-corrected chi connectivity index (χ4v) is 3.53. The molecule has 180 valence electrons. The number of benzene rings is 1. The molecule has 1 saturated heterocycles. The number of carbonyl (C=O) groups is 2. The molecule has 0 aliphatic carbocycles. The minimum atomic E-state index is -4.72. The van der Waals surface area contributed by atoms with Crippen LogP contribution < -0.4 is 10.1 Å². The van der Waals surface area contributed by atoms with Crippen LogP contribution in [0.25, 0.3) is 0 Å². The van der Waals surface area contributed by atoms with Crippen LogP contribution in [0.5, 0.6) is 5.75 Å². The number of hydrogen-bond donors (Lipinski definition) is 1. The van der Waals surface area contributed by atoms with Crippen LogP contribution in [0, 0.1) is 0 Å². The SMILES string of the molecule is COc1ccccc1CNC(=O)c1cc(C(F)(F)F)nn1C1CCN(C(=O)OC(C)(C)C)C1. The van der Waals surface area contributed by atoms with Crippen LogP contribution in [0.3, 0.4) is 0 Å². The lowest BCUT2D eigenvalue weighted by molar-refractivity contribution is -0.141. The number of nitrogens with zero attached hydrogens (tertiary/aromatic N) is 3. The number of amides is 2. The summed E-state index contributed by atoms with van der Waals surface area (Å²) < 4.78 is 51.7. The molecule has 0 spiro atoms. The van der Waals surface area contributed by atoms with E-state index < -0.39 is 35.5 Å². The topological polar surface area (TPSA) is 85.7 Å². The van der Waals surface area contributed by atoms with Gasteiger partial charge in [0.05, 0.1) is 13.2 Å². The van der Waals surface area contributed by atoms with Gasteiger partial charge >= 0.3 is 12.3 Å². The predicted octanol–water partition coefficient (Wildman–Crippen LogP) is 4.02. The average molecular weight is 468 g/mol. The van der Waals surface area contributed by atoms with E-state index in [2.05, 4.69) is 10.4 Å². The van der Waals surface area contributed by atoms with E-state index in [9.17, 15) is 22.8 Å². The Morgan fingerprint density at radius 1 is 1.21 bits per heavy atom. The van der Waals surface area contributed by atoms with Crippen molar-refractivity contribution in [2.24, 2.45) is 0 Å². The Labute approximate surface area is 189 Å². The molecule has 2 amide bonds. The van der Waals surface area contributed by atoms with E-state index in [0.717, 1.165) is 10.7 Å². The summed E-state index contributed by atoms with van der Waals surface area (Å²) in [6.45, 7) is 5.61. The summed E-state index contributed by atoms with van der Waals surface area (Å²) in [6.07, 6.45) is -4.94. The largest absolute Gasteiger partial charge is 0.496 e. The van der Waals surface area contributed by atoms with E-state index in [1.165, 1.54) is 12.0 Å². The van der Waals surface area contributed by atoms with E-state index in [-0.39, 0.29) is 25.3 Å². The second-order valence-electron chi connectivity index (χ2n) is 8.72. The number of rotatable bonds is 5. The van der Waals surface area contributed by atoms with Crippen molar-refractivity contribution < 1.29 is 32.2 Å². The molecular weight excluding hydrogens is 441 g/mol. The maximum absolute atomic E-state index is 13.4. The Balaban J connectivity index is 1.80. The van der Waals surface area contributed by atoms with Crippen LogP contribution in [0.15, 0.2) is 30.3 Å². The summed E-state index contributed by atoms with van der Waals surface area (Å²) in [7, 11) is 1.49. The summed E-state index contributed by atoms with van der Waals surface area (Å²) in [5.74, 6) is -0.161. The van der Waals surface area contributed by atoms with Gasteiger partial charge in [-0.05, 0) is 33.3 Å². The number of ether oxygens (including phenoxy) is 2. The molecule has 1 aliphatic rings. The first-order valence-electron chi connectivity index (χ1n) is 10.4. The van der Waals surface area contributed by atoms with E-state index >= 15 is 0 Å². The van der Waals surface area contributed by atoms with Crippen molar-refractivity contribution in [3.8, 4) is 5.75 Å². The van der Waals surface area contributed by atoms with E-state index in [1.54, 1.807) is 45.0 Å². The Morgan fingerprint density at radius 3 is 2.55 bits per heavy atom. The molecule has 1 aromatic carbocycles. The normalized spacial score (nSPS) is 16.6. The molecule has 0 saturated carbocycles. The van der Waals surface area contributed by atoms with Crippen molar-refractivity contribution in [1.29, 1.82) is 0 Å². The van der Waals surface area contributed by atoms with Crippen LogP contribution >= 0.6 is 0 Å². The summed E-state index contributed by atoms with van der Waals surface area (Å²) in [5.41, 5.74) is -1.42. The molecule has 33 heavy (non-hydrogen) atoms. The monoisotopic (exact) mass is 468 g/mol. The third-order valence-corrected chi connectivity index (χ3v) is 5.05. The highest BCUT2D eigenvalue weighted by atomic mass is 19.4. The molecule has 3 rings (SSSR count). The number of aromatic nitrogens is 2. The zero-order valence-corrected chi connectivity index (χ0v) is 18.9. The van der Waals surface area contributed by atoms with Gasteiger partial charge in [-0.3, -0.25) is 9.48 Å². The molecule has 11 heteroatoms. The highest BCUT2D eigenvalue weighted by Crippen LogP contribution is 2.32. The Kier molecular flexibility index (Phi) is 6.89. The van der Waals surface area contributed by atoms with Gasteiger partial charge < -0.3 is 19.7 Å². The molecule has 1 aliphatic heterocycles. The maximum atomic E-state index is 13.4. The van der Waals surface area contributed by atoms with Crippen molar-refractivity contribution >= 4 is 12.0 Å². The zero-order valence-electron chi connectivity index (χ0n) is 18.9. The fourth-order valence-electron chi connectivity index (χ4n) is 3.53. The molecule has 0 bridgehead atoms. The first kappa shape index (κ1) is 24.4. The van der Waals surface area contributed by atoms with Crippen LogP contribution in [0.4, 0.5) is 18.0 Å². The molecule has 0 radical (unpaired) electrons. The maximum Gasteiger partial charge on any atom is 0.435 e. The zero-order chi connectivity index (χ0) is 24.4. The van der Waals surface area contributed by atoms with Crippen molar-refractivity contribution in [3.63, 3.8) is 0 Å². The van der Waals surface area contributed by atoms with Crippen molar-refractivity contribution in [2.45, 2.75) is 51.6 Å². The first-order chi connectivity index (χ1) is 15.4. The van der Waals surface area contributed by atoms with Crippen LogP contribution in [-0.4, -0.2) is 52.5 Å². The standard InChI is InChI=1S/C22H27F3N4O4/c1-21(2,3)33-20(31)28-10-9-15(13-28)29-16(11-18(27-29)22(23,24)25)19(30)26-12-14-7-5-6-8-17(14)32-4/h5-8,11,15H,9-10,12-13H2,1-4H3,(H,26,30). The summed E-state index contributed by atoms with van der Waals surface area (Å²) >= 11 is 0. The second-order valence-corrected chi connectivity index (χ2v) is 8.72. The van der Waals surface area contributed by atoms with Crippen LogP contribution in [0.2, 0.25) is 0 Å². The van der Waals surface area contributed by atoms with Gasteiger partial charge in [-0.15, -0.1) is 0 Å². The number of hydrogen-bond acceptors (Lipinski definition) is 5. The van der Waals surface area contributed by atoms with Crippen molar-refractivity contribution in [1.82, 2.24) is 20.0 Å². The minimum Gasteiger partial charge on any atom is -0.496 e. The number of methoxy groups -OCH3 is 1. The molecule has 1 unspecified atom stereocenters. The summed E-state index contributed by atoms with van der Waals surface area (Å²) in [4.78, 5) is 26.6. The molecule has 2 heterocycles. The minimum absolute atomic E-state index is 0.0596. The van der Waals surface area contributed by atoms with Gasteiger partial charge in [0.15, 0.2) is 5.69 Å². The number of halogens is 3. The molecule has 8 nitrogen and oxygen atoms in total. The number of carbonyl (C=O) groups excluding carboxylic acids is 2. The average Bonchev–Trinajstić information content (AvgIpc) is 3.38. The Hall–Kier alpha value is -3.24. The lowest BCUT2D eigenvalue weighted by Gasteiger charge is -2.24. The van der Waals surface area contributed by atoms with Crippen molar-refractivity contribution in [2.75, 3.05) is 20.2 Å². The molecule has 1 N–H and O–H groups in total. The van der Waals surface area contributed by atoms with Gasteiger partial charge in [0.1, 0.15) is 17.0 Å². The van der Waals surface area contributed by atoms with Crippen molar-refractivity contribution in [3.05, 3.63) is 47.3 Å². The second kappa shape index (κ2) is 9.32. The van der Waals surface area contributed by atoms with E-state index in [0.29, 0.717) is 17.7 Å². The molecule has 1 aromatic heterocycles. The lowest BCUT2D eigenvalue weighted by atomic mass is 10.2. The van der Waals surface area contributed by atoms with Gasteiger partial charge in [-0.2, -0.15) is 18.3 Å². The third kappa shape index (κ3) is 5.96. The number of nitrogens with one attached hydrogen (secondary N) is 1. The van der Waals surface area contributed by atoms with E-state index in [4.69, 9.17) is 9.47 Å². The fraction of sp³-hybridized carbons (Fsp3) is 0.500. The smallest absolute Gasteiger partial charge is 0.435 e. The molecule has 1 fully saturated rings. The highest BCUT2D eigenvalue weighted by Gasteiger charge is 2.39. The summed E-state index contributed by atoms with van der Waals surface area (Å²) in [5, 5.41) is 6.30. The number of likely N-dealkylation sites (tertiary alicyclic amines) is 1. The van der Waals surface area contributed by atoms with Gasteiger partial charge in [0, 0.05) is 31.3 Å². The third-order valence-electron chi connectivity index (χ3n) is 5.05. The van der Waals surface area contributed by atoms with E-state index in [1.807, 2.05) is 0 Å². The predicted molar refractivity (Wildman–Crippen MR) is 113 cm³/mol. The Morgan fingerprint density at radius 2 is 1.91 bits per heavy atom. The highest BCUT2D eigenvalue weighted by molar-refractivity contribution is 5.92. The quantitative estimate of drug-likeness (QED) is 0.717. The van der Waals surface area contributed by atoms with Crippen LogP contribution in [0.1, 0.15) is 55.0 Å². The number of para-hydroxylation sites is 1. The lowest BCUT2D eigenvalue weighted by Crippen LogP contribution is -2.36. The van der Waals surface area contributed by atoms with Gasteiger partial charge in [0.25, 0.3) is 5.91 Å². The first-order valence-corrected chi connectivity index (χ1v) is 10.4.